The summed E-state index contributed by atoms with van der Waals surface area (Å²) >= 11 is 3.75. The Labute approximate surface area is 134 Å². The zero-order valence-electron chi connectivity index (χ0n) is 12.8. The fourth-order valence-electron chi connectivity index (χ4n) is 2.55. The number of hydrogen-bond donors (Lipinski definition) is 1. The Bertz CT molecular complexity index is 623. The van der Waals surface area contributed by atoms with Crippen LogP contribution in [-0.2, 0) is 0 Å². The number of thiophene rings is 1. The monoisotopic (exact) mass is 322 g/mol. The second kappa shape index (κ2) is 6.01. The van der Waals surface area contributed by atoms with Crippen LogP contribution in [0, 0.1) is 0 Å². The molecular formula is C15H22N4S2. The maximum atomic E-state index is 4.78. The third-order valence-corrected chi connectivity index (χ3v) is 5.96. The molecule has 1 fully saturated rings. The molecule has 0 atom stereocenters. The van der Waals surface area contributed by atoms with Crippen molar-refractivity contribution in [3.63, 3.8) is 0 Å². The van der Waals surface area contributed by atoms with E-state index in [0.29, 0.717) is 4.75 Å². The first-order valence-electron chi connectivity index (χ1n) is 7.47. The van der Waals surface area contributed by atoms with Gasteiger partial charge in [0.2, 0.25) is 5.95 Å². The lowest BCUT2D eigenvalue weighted by Crippen LogP contribution is -2.28. The Kier molecular flexibility index (Phi) is 4.26. The molecule has 0 unspecified atom stereocenters. The van der Waals surface area contributed by atoms with E-state index in [-0.39, 0.29) is 0 Å². The Morgan fingerprint density at radius 2 is 2.19 bits per heavy atom. The van der Waals surface area contributed by atoms with E-state index in [9.17, 15) is 0 Å². The number of nitrogens with zero attached hydrogens (tertiary/aromatic N) is 3. The third-order valence-electron chi connectivity index (χ3n) is 3.78. The Balaban J connectivity index is 1.96. The second-order valence-electron chi connectivity index (χ2n) is 5.89. The van der Waals surface area contributed by atoms with Gasteiger partial charge in [0.05, 0.1) is 5.39 Å². The maximum Gasteiger partial charge on any atom is 0.226 e. The molecule has 1 aliphatic rings. The largest absolute Gasteiger partial charge is 0.355 e. The zero-order chi connectivity index (χ0) is 14.9. The standard InChI is InChI=1S/C15H22N4S2/c1-4-16-14-17-12(11-5-9-20-13(11)18-14)19-7-6-15(2,3)21-10-8-19/h5,9H,4,6-8,10H2,1-3H3,(H,16,17,18). The van der Waals surface area contributed by atoms with Crippen LogP contribution in [0.5, 0.6) is 0 Å². The van der Waals surface area contributed by atoms with Gasteiger partial charge in [-0.1, -0.05) is 13.8 Å². The van der Waals surface area contributed by atoms with Gasteiger partial charge in [0.15, 0.2) is 0 Å². The molecule has 2 aromatic rings. The minimum atomic E-state index is 0.361. The molecule has 0 aliphatic carbocycles. The van der Waals surface area contributed by atoms with E-state index in [1.807, 2.05) is 0 Å². The van der Waals surface area contributed by atoms with Gasteiger partial charge in [-0.25, -0.2) is 4.98 Å². The highest BCUT2D eigenvalue weighted by molar-refractivity contribution is 8.00. The van der Waals surface area contributed by atoms with Crippen molar-refractivity contribution in [3.05, 3.63) is 11.4 Å². The first kappa shape index (κ1) is 14.9. The SMILES string of the molecule is CCNc1nc(N2CCSC(C)(C)CC2)c2ccsc2n1. The van der Waals surface area contributed by atoms with Gasteiger partial charge in [-0.15, -0.1) is 11.3 Å². The summed E-state index contributed by atoms with van der Waals surface area (Å²) in [5.74, 6) is 2.99. The van der Waals surface area contributed by atoms with Crippen molar-refractivity contribution < 1.29 is 0 Å². The molecule has 2 aromatic heterocycles. The van der Waals surface area contributed by atoms with Crippen LogP contribution < -0.4 is 10.2 Å². The number of nitrogens with one attached hydrogen (secondary N) is 1. The molecule has 0 spiro atoms. The molecule has 114 valence electrons. The molecule has 4 nitrogen and oxygen atoms in total. The molecule has 0 bridgehead atoms. The summed E-state index contributed by atoms with van der Waals surface area (Å²) in [7, 11) is 0. The Morgan fingerprint density at radius 1 is 1.33 bits per heavy atom. The summed E-state index contributed by atoms with van der Waals surface area (Å²) in [5.41, 5.74) is 0. The van der Waals surface area contributed by atoms with Crippen LogP contribution in [0.3, 0.4) is 0 Å². The number of fused-ring (bicyclic) bond motifs is 1. The molecule has 0 amide bonds. The average molecular weight is 323 g/mol. The van der Waals surface area contributed by atoms with Crippen molar-refractivity contribution in [3.8, 4) is 0 Å². The smallest absolute Gasteiger partial charge is 0.226 e. The highest BCUT2D eigenvalue weighted by Crippen LogP contribution is 2.35. The molecule has 0 radical (unpaired) electrons. The van der Waals surface area contributed by atoms with Crippen molar-refractivity contribution in [1.82, 2.24) is 9.97 Å². The fraction of sp³-hybridized carbons (Fsp3) is 0.600. The molecule has 3 rings (SSSR count). The summed E-state index contributed by atoms with van der Waals surface area (Å²) in [6.07, 6.45) is 1.18. The summed E-state index contributed by atoms with van der Waals surface area (Å²) in [6.45, 7) is 9.72. The summed E-state index contributed by atoms with van der Waals surface area (Å²) < 4.78 is 0.361. The van der Waals surface area contributed by atoms with Crippen LogP contribution in [0.15, 0.2) is 11.4 Å². The van der Waals surface area contributed by atoms with Gasteiger partial charge in [0.25, 0.3) is 0 Å². The van der Waals surface area contributed by atoms with E-state index < -0.39 is 0 Å². The van der Waals surface area contributed by atoms with Crippen LogP contribution in [0.25, 0.3) is 10.2 Å². The van der Waals surface area contributed by atoms with Gasteiger partial charge in [-0.2, -0.15) is 16.7 Å². The van der Waals surface area contributed by atoms with Gasteiger partial charge in [-0.05, 0) is 24.8 Å². The first-order chi connectivity index (χ1) is 10.1. The molecule has 0 aromatic carbocycles. The fourth-order valence-corrected chi connectivity index (χ4v) is 4.41. The average Bonchev–Trinajstić information content (AvgIpc) is 2.83. The van der Waals surface area contributed by atoms with Crippen LogP contribution in [-0.4, -0.2) is 40.1 Å². The van der Waals surface area contributed by atoms with E-state index in [0.717, 1.165) is 42.0 Å². The normalized spacial score (nSPS) is 18.7. The Hall–Kier alpha value is -1.01. The van der Waals surface area contributed by atoms with Crippen molar-refractivity contribution in [2.75, 3.05) is 35.6 Å². The van der Waals surface area contributed by atoms with E-state index in [2.05, 4.69) is 59.2 Å². The van der Waals surface area contributed by atoms with Crippen LogP contribution in [0.2, 0.25) is 0 Å². The summed E-state index contributed by atoms with van der Waals surface area (Å²) in [5, 5.41) is 6.55. The summed E-state index contributed by atoms with van der Waals surface area (Å²) in [4.78, 5) is 12.9. The molecule has 0 saturated carbocycles. The molecule has 1 N–H and O–H groups in total. The number of aromatic nitrogens is 2. The van der Waals surface area contributed by atoms with Gasteiger partial charge in [0.1, 0.15) is 10.6 Å². The number of hydrogen-bond acceptors (Lipinski definition) is 6. The van der Waals surface area contributed by atoms with Crippen molar-refractivity contribution >= 4 is 45.1 Å². The second-order valence-corrected chi connectivity index (χ2v) is 8.58. The van der Waals surface area contributed by atoms with Crippen LogP contribution in [0.4, 0.5) is 11.8 Å². The summed E-state index contributed by atoms with van der Waals surface area (Å²) in [6, 6.07) is 2.15. The van der Waals surface area contributed by atoms with E-state index in [1.54, 1.807) is 11.3 Å². The molecule has 3 heterocycles. The highest BCUT2D eigenvalue weighted by Gasteiger charge is 2.25. The lowest BCUT2D eigenvalue weighted by atomic mass is 10.1. The minimum absolute atomic E-state index is 0.361. The topological polar surface area (TPSA) is 41.1 Å². The molecule has 1 aliphatic heterocycles. The third kappa shape index (κ3) is 3.26. The van der Waals surface area contributed by atoms with Gasteiger partial charge >= 0.3 is 0 Å². The predicted octanol–water partition coefficient (Wildman–Crippen LogP) is 3.85. The Morgan fingerprint density at radius 3 is 3.00 bits per heavy atom. The van der Waals surface area contributed by atoms with E-state index >= 15 is 0 Å². The van der Waals surface area contributed by atoms with Crippen molar-refractivity contribution in [1.29, 1.82) is 0 Å². The highest BCUT2D eigenvalue weighted by atomic mass is 32.2. The molecular weight excluding hydrogens is 300 g/mol. The number of rotatable bonds is 3. The van der Waals surface area contributed by atoms with Gasteiger partial charge in [0, 0.05) is 30.1 Å². The number of thioether (sulfide) groups is 1. The van der Waals surface area contributed by atoms with E-state index in [1.165, 1.54) is 11.8 Å². The molecule has 6 heteroatoms. The van der Waals surface area contributed by atoms with Gasteiger partial charge in [-0.3, -0.25) is 0 Å². The lowest BCUT2D eigenvalue weighted by molar-refractivity contribution is 0.636. The lowest BCUT2D eigenvalue weighted by Gasteiger charge is -2.24. The first-order valence-corrected chi connectivity index (χ1v) is 9.33. The van der Waals surface area contributed by atoms with Crippen LogP contribution >= 0.6 is 23.1 Å². The zero-order valence-corrected chi connectivity index (χ0v) is 14.5. The maximum absolute atomic E-state index is 4.78. The van der Waals surface area contributed by atoms with Crippen molar-refractivity contribution in [2.24, 2.45) is 0 Å². The minimum Gasteiger partial charge on any atom is -0.355 e. The van der Waals surface area contributed by atoms with E-state index in [4.69, 9.17) is 4.98 Å². The van der Waals surface area contributed by atoms with Crippen molar-refractivity contribution in [2.45, 2.75) is 31.9 Å². The quantitative estimate of drug-likeness (QED) is 0.929. The molecule has 1 saturated heterocycles. The van der Waals surface area contributed by atoms with Crippen LogP contribution in [0.1, 0.15) is 27.2 Å². The molecule has 21 heavy (non-hydrogen) atoms. The van der Waals surface area contributed by atoms with Gasteiger partial charge < -0.3 is 10.2 Å². The number of anilines is 2. The predicted molar refractivity (Wildman–Crippen MR) is 94.9 cm³/mol.